The Labute approximate surface area is 78.6 Å². The zero-order valence-electron chi connectivity index (χ0n) is 7.61. The van der Waals surface area contributed by atoms with E-state index in [4.69, 9.17) is 5.11 Å². The van der Waals surface area contributed by atoms with Crippen molar-refractivity contribution in [1.29, 1.82) is 0 Å². The smallest absolute Gasteiger partial charge is 0.0462 e. The Balaban J connectivity index is 1.75. The average Bonchev–Trinajstić information content (AvgIpc) is 2.95. The molecule has 1 saturated carbocycles. The molecule has 0 aliphatic heterocycles. The minimum Gasteiger partial charge on any atom is -0.396 e. The average molecular weight is 177 g/mol. The lowest BCUT2D eigenvalue weighted by atomic mass is 10.3. The molecule has 2 atom stereocenters. The van der Waals surface area contributed by atoms with Crippen LogP contribution in [0.5, 0.6) is 0 Å². The van der Waals surface area contributed by atoms with Crippen LogP contribution in [-0.2, 0) is 0 Å². The highest BCUT2D eigenvalue weighted by molar-refractivity contribution is 5.42. The molecule has 1 fully saturated rings. The van der Waals surface area contributed by atoms with Crippen molar-refractivity contribution in [2.24, 2.45) is 11.8 Å². The lowest BCUT2D eigenvalue weighted by Crippen LogP contribution is -2.05. The van der Waals surface area contributed by atoms with Crippen LogP contribution >= 0.6 is 0 Å². The molecule has 2 heteroatoms. The van der Waals surface area contributed by atoms with Crippen molar-refractivity contribution in [1.82, 2.24) is 0 Å². The fourth-order valence-electron chi connectivity index (χ4n) is 1.59. The molecule has 0 spiro atoms. The minimum absolute atomic E-state index is 0.348. The standard InChI is InChI=1S/C11H15NO/c13-8-10-6-9(10)7-12-11-4-2-1-3-5-11/h1-5,9-10,12-13H,6-8H2/t9-,10+/m0/s1. The monoisotopic (exact) mass is 177 g/mol. The molecule has 1 aromatic carbocycles. The first-order valence-electron chi connectivity index (χ1n) is 4.80. The Morgan fingerprint density at radius 2 is 2.00 bits per heavy atom. The largest absolute Gasteiger partial charge is 0.396 e. The molecule has 1 aliphatic carbocycles. The normalized spacial score (nSPS) is 25.6. The SMILES string of the molecule is OC[C@H]1C[C@H]1CNc1ccccc1. The van der Waals surface area contributed by atoms with Gasteiger partial charge in [-0.05, 0) is 30.4 Å². The quantitative estimate of drug-likeness (QED) is 0.734. The van der Waals surface area contributed by atoms with Gasteiger partial charge in [0.1, 0.15) is 0 Å². The predicted molar refractivity (Wildman–Crippen MR) is 53.6 cm³/mol. The summed E-state index contributed by atoms with van der Waals surface area (Å²) in [5, 5.41) is 12.2. The number of rotatable bonds is 4. The number of aliphatic hydroxyl groups excluding tert-OH is 1. The molecular formula is C11H15NO. The molecule has 0 amide bonds. The van der Waals surface area contributed by atoms with Crippen LogP contribution in [0.2, 0.25) is 0 Å². The van der Waals surface area contributed by atoms with Crippen molar-refractivity contribution >= 4 is 5.69 Å². The van der Waals surface area contributed by atoms with Gasteiger partial charge in [-0.3, -0.25) is 0 Å². The van der Waals surface area contributed by atoms with Crippen LogP contribution in [0.15, 0.2) is 30.3 Å². The number of hydrogen-bond acceptors (Lipinski definition) is 2. The van der Waals surface area contributed by atoms with Crippen LogP contribution in [0.25, 0.3) is 0 Å². The number of anilines is 1. The fraction of sp³-hybridized carbons (Fsp3) is 0.455. The predicted octanol–water partition coefficient (Wildman–Crippen LogP) is 1.73. The number of benzene rings is 1. The summed E-state index contributed by atoms with van der Waals surface area (Å²) < 4.78 is 0. The zero-order valence-corrected chi connectivity index (χ0v) is 7.61. The third-order valence-corrected chi connectivity index (χ3v) is 2.65. The Hall–Kier alpha value is -1.02. The van der Waals surface area contributed by atoms with Gasteiger partial charge in [-0.2, -0.15) is 0 Å². The van der Waals surface area contributed by atoms with E-state index in [1.54, 1.807) is 0 Å². The first kappa shape index (κ1) is 8.57. The number of nitrogens with one attached hydrogen (secondary N) is 1. The van der Waals surface area contributed by atoms with Crippen molar-refractivity contribution in [2.75, 3.05) is 18.5 Å². The second-order valence-corrected chi connectivity index (χ2v) is 3.69. The summed E-state index contributed by atoms with van der Waals surface area (Å²) in [5.41, 5.74) is 1.17. The molecule has 0 unspecified atom stereocenters. The highest BCUT2D eigenvalue weighted by Gasteiger charge is 2.35. The van der Waals surface area contributed by atoms with Crippen LogP contribution in [0.4, 0.5) is 5.69 Å². The van der Waals surface area contributed by atoms with Gasteiger partial charge in [0.25, 0.3) is 0 Å². The Kier molecular flexibility index (Phi) is 2.50. The second-order valence-electron chi connectivity index (χ2n) is 3.69. The maximum atomic E-state index is 8.85. The molecule has 70 valence electrons. The van der Waals surface area contributed by atoms with Crippen molar-refractivity contribution in [3.63, 3.8) is 0 Å². The Morgan fingerprint density at radius 3 is 2.62 bits per heavy atom. The first-order chi connectivity index (χ1) is 6.40. The Morgan fingerprint density at radius 1 is 1.23 bits per heavy atom. The molecule has 2 N–H and O–H groups in total. The van der Waals surface area contributed by atoms with E-state index in [-0.39, 0.29) is 0 Å². The van der Waals surface area contributed by atoms with Gasteiger partial charge in [-0.1, -0.05) is 18.2 Å². The molecule has 0 radical (unpaired) electrons. The van der Waals surface area contributed by atoms with E-state index in [9.17, 15) is 0 Å². The molecule has 13 heavy (non-hydrogen) atoms. The van der Waals surface area contributed by atoms with Gasteiger partial charge in [0.15, 0.2) is 0 Å². The Bertz CT molecular complexity index is 260. The molecule has 2 rings (SSSR count). The van der Waals surface area contributed by atoms with Gasteiger partial charge in [-0.25, -0.2) is 0 Å². The topological polar surface area (TPSA) is 32.3 Å². The third kappa shape index (κ3) is 2.22. The number of hydrogen-bond donors (Lipinski definition) is 2. The summed E-state index contributed by atoms with van der Waals surface area (Å²) in [6, 6.07) is 10.2. The van der Waals surface area contributed by atoms with E-state index < -0.39 is 0 Å². The molecule has 1 aliphatic rings. The van der Waals surface area contributed by atoms with Gasteiger partial charge in [-0.15, -0.1) is 0 Å². The van der Waals surface area contributed by atoms with Crippen LogP contribution in [0.1, 0.15) is 6.42 Å². The van der Waals surface area contributed by atoms with Gasteiger partial charge in [0.05, 0.1) is 0 Å². The van der Waals surface area contributed by atoms with Gasteiger partial charge in [0, 0.05) is 18.8 Å². The van der Waals surface area contributed by atoms with Gasteiger partial charge >= 0.3 is 0 Å². The molecule has 2 nitrogen and oxygen atoms in total. The van der Waals surface area contributed by atoms with E-state index in [1.165, 1.54) is 12.1 Å². The highest BCUT2D eigenvalue weighted by Crippen LogP contribution is 2.37. The molecular weight excluding hydrogens is 162 g/mol. The molecule has 1 aromatic rings. The van der Waals surface area contributed by atoms with Crippen molar-refractivity contribution < 1.29 is 5.11 Å². The van der Waals surface area contributed by atoms with E-state index >= 15 is 0 Å². The maximum absolute atomic E-state index is 8.85. The van der Waals surface area contributed by atoms with Crippen LogP contribution in [-0.4, -0.2) is 18.3 Å². The summed E-state index contributed by atoms with van der Waals surface area (Å²) in [7, 11) is 0. The summed E-state index contributed by atoms with van der Waals surface area (Å²) >= 11 is 0. The second kappa shape index (κ2) is 3.79. The fourth-order valence-corrected chi connectivity index (χ4v) is 1.59. The molecule has 0 saturated heterocycles. The van der Waals surface area contributed by atoms with Crippen LogP contribution < -0.4 is 5.32 Å². The zero-order chi connectivity index (χ0) is 9.10. The van der Waals surface area contributed by atoms with Gasteiger partial charge in [0.2, 0.25) is 0 Å². The third-order valence-electron chi connectivity index (χ3n) is 2.65. The minimum atomic E-state index is 0.348. The van der Waals surface area contributed by atoms with E-state index in [0.29, 0.717) is 18.4 Å². The molecule has 0 heterocycles. The summed E-state index contributed by atoms with van der Waals surface area (Å²) in [4.78, 5) is 0. The van der Waals surface area contributed by atoms with E-state index in [0.717, 1.165) is 6.54 Å². The van der Waals surface area contributed by atoms with Crippen molar-refractivity contribution in [2.45, 2.75) is 6.42 Å². The molecule has 0 aromatic heterocycles. The van der Waals surface area contributed by atoms with Crippen molar-refractivity contribution in [3.05, 3.63) is 30.3 Å². The lowest BCUT2D eigenvalue weighted by Gasteiger charge is -2.04. The van der Waals surface area contributed by atoms with E-state index in [1.807, 2.05) is 18.2 Å². The van der Waals surface area contributed by atoms with Crippen LogP contribution in [0.3, 0.4) is 0 Å². The van der Waals surface area contributed by atoms with Crippen molar-refractivity contribution in [3.8, 4) is 0 Å². The number of aliphatic hydroxyl groups is 1. The lowest BCUT2D eigenvalue weighted by molar-refractivity contribution is 0.270. The summed E-state index contributed by atoms with van der Waals surface area (Å²) in [6.07, 6.45) is 1.18. The summed E-state index contributed by atoms with van der Waals surface area (Å²) in [6.45, 7) is 1.34. The first-order valence-corrected chi connectivity index (χ1v) is 4.80. The van der Waals surface area contributed by atoms with E-state index in [2.05, 4.69) is 17.4 Å². The molecule has 0 bridgehead atoms. The maximum Gasteiger partial charge on any atom is 0.0462 e. The highest BCUT2D eigenvalue weighted by atomic mass is 16.3. The summed E-state index contributed by atoms with van der Waals surface area (Å²) in [5.74, 6) is 1.24. The number of para-hydroxylation sites is 1. The van der Waals surface area contributed by atoms with Crippen LogP contribution in [0, 0.1) is 11.8 Å². The van der Waals surface area contributed by atoms with Gasteiger partial charge < -0.3 is 10.4 Å².